The summed E-state index contributed by atoms with van der Waals surface area (Å²) in [4.78, 5) is 25.7. The maximum absolute atomic E-state index is 12.0. The minimum atomic E-state index is -0.441. The molecule has 0 radical (unpaired) electrons. The Kier molecular flexibility index (Phi) is 4.77. The van der Waals surface area contributed by atoms with Gasteiger partial charge in [0.05, 0.1) is 0 Å². The highest BCUT2D eigenvalue weighted by Gasteiger charge is 2.09. The molecule has 0 saturated carbocycles. The first-order valence-electron chi connectivity index (χ1n) is 7.00. The Bertz CT molecular complexity index is 776. The van der Waals surface area contributed by atoms with Gasteiger partial charge in [-0.3, -0.25) is 9.36 Å². The number of nitrogens with zero attached hydrogens (tertiary/aromatic N) is 4. The smallest absolute Gasteiger partial charge is 0.346 e. The highest BCUT2D eigenvalue weighted by Crippen LogP contribution is 2.11. The van der Waals surface area contributed by atoms with Gasteiger partial charge in [0.25, 0.3) is 5.56 Å². The molecule has 1 N–H and O–H groups in total. The summed E-state index contributed by atoms with van der Waals surface area (Å²) in [5, 5.41) is 7.02. The van der Waals surface area contributed by atoms with Gasteiger partial charge in [0, 0.05) is 27.2 Å². The molecule has 0 aliphatic carbocycles. The van der Waals surface area contributed by atoms with E-state index in [1.54, 1.807) is 0 Å². The van der Waals surface area contributed by atoms with Gasteiger partial charge in [-0.1, -0.05) is 24.3 Å². The van der Waals surface area contributed by atoms with Crippen LogP contribution in [0.15, 0.2) is 33.9 Å². The van der Waals surface area contributed by atoms with Crippen molar-refractivity contribution < 1.29 is 0 Å². The Hall–Kier alpha value is -2.41. The monoisotopic (exact) mass is 303 g/mol. The molecule has 2 aromatic rings. The molecule has 22 heavy (non-hydrogen) atoms. The fourth-order valence-corrected chi connectivity index (χ4v) is 2.21. The topological polar surface area (TPSA) is 72.2 Å². The first-order chi connectivity index (χ1) is 10.4. The van der Waals surface area contributed by atoms with Crippen LogP contribution in [0.25, 0.3) is 0 Å². The zero-order valence-electron chi connectivity index (χ0n) is 13.3. The third-order valence-electron chi connectivity index (χ3n) is 3.37. The Balaban J connectivity index is 2.25. The van der Waals surface area contributed by atoms with E-state index < -0.39 is 11.2 Å². The summed E-state index contributed by atoms with van der Waals surface area (Å²) in [5.41, 5.74) is 1.41. The molecule has 118 valence electrons. The molecule has 0 bridgehead atoms. The van der Waals surface area contributed by atoms with E-state index in [-0.39, 0.29) is 5.82 Å². The van der Waals surface area contributed by atoms with Gasteiger partial charge in [0.15, 0.2) is 0 Å². The highest BCUT2D eigenvalue weighted by molar-refractivity contribution is 5.35. The Morgan fingerprint density at radius 1 is 1.14 bits per heavy atom. The van der Waals surface area contributed by atoms with Gasteiger partial charge < -0.3 is 10.2 Å². The van der Waals surface area contributed by atoms with Crippen LogP contribution < -0.4 is 16.6 Å². The molecule has 0 amide bonds. The second-order valence-corrected chi connectivity index (χ2v) is 5.48. The SMILES string of the molecule is CN(C)Cc1ccccc1CNc1nn(C)c(=O)n(C)c1=O. The molecular formula is C15H21N5O2. The lowest BCUT2D eigenvalue weighted by Gasteiger charge is -2.15. The van der Waals surface area contributed by atoms with Crippen molar-refractivity contribution in [3.8, 4) is 0 Å². The lowest BCUT2D eigenvalue weighted by Crippen LogP contribution is -2.39. The van der Waals surface area contributed by atoms with Gasteiger partial charge in [-0.25, -0.2) is 9.48 Å². The third kappa shape index (κ3) is 3.43. The molecule has 0 aliphatic rings. The number of hydrogen-bond acceptors (Lipinski definition) is 5. The van der Waals surface area contributed by atoms with Crippen LogP contribution in [0.4, 0.5) is 5.82 Å². The van der Waals surface area contributed by atoms with E-state index in [0.717, 1.165) is 21.4 Å². The number of benzene rings is 1. The zero-order chi connectivity index (χ0) is 16.3. The number of rotatable bonds is 5. The molecule has 2 rings (SSSR count). The maximum Gasteiger partial charge on any atom is 0.346 e. The first-order valence-corrected chi connectivity index (χ1v) is 7.00. The Morgan fingerprint density at radius 3 is 2.41 bits per heavy atom. The predicted octanol–water partition coefficient (Wildman–Crippen LogP) is 0.153. The maximum atomic E-state index is 12.0. The largest absolute Gasteiger partial charge is 0.360 e. The standard InChI is InChI=1S/C15H21N5O2/c1-18(2)10-12-8-6-5-7-11(12)9-16-13-14(21)19(3)15(22)20(4)17-13/h5-8H,9-10H2,1-4H3,(H,16,17). The summed E-state index contributed by atoms with van der Waals surface area (Å²) in [7, 11) is 6.98. The first kappa shape index (κ1) is 16.0. The van der Waals surface area contributed by atoms with E-state index >= 15 is 0 Å². The van der Waals surface area contributed by atoms with Crippen molar-refractivity contribution in [1.82, 2.24) is 19.2 Å². The van der Waals surface area contributed by atoms with Crippen LogP contribution in [-0.2, 0) is 27.2 Å². The molecule has 0 saturated heterocycles. The fourth-order valence-electron chi connectivity index (χ4n) is 2.21. The van der Waals surface area contributed by atoms with Crippen LogP contribution in [0.2, 0.25) is 0 Å². The van der Waals surface area contributed by atoms with E-state index in [9.17, 15) is 9.59 Å². The van der Waals surface area contributed by atoms with Crippen LogP contribution in [0.5, 0.6) is 0 Å². The van der Waals surface area contributed by atoms with Crippen molar-refractivity contribution >= 4 is 5.82 Å². The van der Waals surface area contributed by atoms with Crippen molar-refractivity contribution in [2.45, 2.75) is 13.1 Å². The van der Waals surface area contributed by atoms with Gasteiger partial charge in [0.1, 0.15) is 0 Å². The van der Waals surface area contributed by atoms with Crippen LogP contribution in [0, 0.1) is 0 Å². The number of aryl methyl sites for hydroxylation is 1. The molecule has 0 unspecified atom stereocenters. The molecule has 1 heterocycles. The minimum absolute atomic E-state index is 0.171. The van der Waals surface area contributed by atoms with Crippen molar-refractivity contribution in [3.63, 3.8) is 0 Å². The van der Waals surface area contributed by atoms with Gasteiger partial charge >= 0.3 is 5.69 Å². The van der Waals surface area contributed by atoms with E-state index in [0.29, 0.717) is 6.54 Å². The van der Waals surface area contributed by atoms with Gasteiger partial charge in [-0.05, 0) is 25.2 Å². The van der Waals surface area contributed by atoms with Gasteiger partial charge in [0.2, 0.25) is 5.82 Å². The molecule has 7 heteroatoms. The number of hydrogen-bond donors (Lipinski definition) is 1. The van der Waals surface area contributed by atoms with Gasteiger partial charge in [-0.15, -0.1) is 5.10 Å². The van der Waals surface area contributed by atoms with Gasteiger partial charge in [-0.2, -0.15) is 0 Å². The molecule has 1 aromatic carbocycles. The van der Waals surface area contributed by atoms with E-state index in [2.05, 4.69) is 21.4 Å². The molecule has 0 spiro atoms. The average Bonchev–Trinajstić information content (AvgIpc) is 2.48. The third-order valence-corrected chi connectivity index (χ3v) is 3.37. The second-order valence-electron chi connectivity index (χ2n) is 5.48. The lowest BCUT2D eigenvalue weighted by molar-refractivity contribution is 0.401. The van der Waals surface area contributed by atoms with Crippen LogP contribution in [-0.4, -0.2) is 33.3 Å². The molecule has 0 atom stereocenters. The van der Waals surface area contributed by atoms with Crippen LogP contribution >= 0.6 is 0 Å². The average molecular weight is 303 g/mol. The summed E-state index contributed by atoms with van der Waals surface area (Å²) < 4.78 is 2.19. The summed E-state index contributed by atoms with van der Waals surface area (Å²) in [6.45, 7) is 1.29. The van der Waals surface area contributed by atoms with E-state index in [4.69, 9.17) is 0 Å². The summed E-state index contributed by atoms with van der Waals surface area (Å²) in [6.07, 6.45) is 0. The summed E-state index contributed by atoms with van der Waals surface area (Å²) >= 11 is 0. The molecule has 1 aromatic heterocycles. The number of anilines is 1. The molecule has 0 fully saturated rings. The zero-order valence-corrected chi connectivity index (χ0v) is 13.3. The van der Waals surface area contributed by atoms with Crippen molar-refractivity contribution in [2.24, 2.45) is 14.1 Å². The highest BCUT2D eigenvalue weighted by atomic mass is 16.2. The fraction of sp³-hybridized carbons (Fsp3) is 0.400. The normalized spacial score (nSPS) is 11.0. The minimum Gasteiger partial charge on any atom is -0.360 e. The van der Waals surface area contributed by atoms with Crippen molar-refractivity contribution in [3.05, 3.63) is 56.2 Å². The van der Waals surface area contributed by atoms with E-state index in [1.807, 2.05) is 32.3 Å². The van der Waals surface area contributed by atoms with Crippen LogP contribution in [0.3, 0.4) is 0 Å². The number of nitrogens with one attached hydrogen (secondary N) is 1. The molecular weight excluding hydrogens is 282 g/mol. The lowest BCUT2D eigenvalue weighted by atomic mass is 10.1. The van der Waals surface area contributed by atoms with Crippen LogP contribution in [0.1, 0.15) is 11.1 Å². The van der Waals surface area contributed by atoms with Crippen molar-refractivity contribution in [1.29, 1.82) is 0 Å². The van der Waals surface area contributed by atoms with Crippen molar-refractivity contribution in [2.75, 3.05) is 19.4 Å². The molecule has 0 aliphatic heterocycles. The van der Waals surface area contributed by atoms with E-state index in [1.165, 1.54) is 19.7 Å². The Labute approximate surface area is 128 Å². The quantitative estimate of drug-likeness (QED) is 0.851. The Morgan fingerprint density at radius 2 is 1.77 bits per heavy atom. The predicted molar refractivity (Wildman–Crippen MR) is 85.9 cm³/mol. The number of aromatic nitrogens is 3. The second kappa shape index (κ2) is 6.57. The molecule has 7 nitrogen and oxygen atoms in total. The summed E-state index contributed by atoms with van der Waals surface area (Å²) in [5.74, 6) is 0.171. The summed E-state index contributed by atoms with van der Waals surface area (Å²) in [6, 6.07) is 8.02.